The molecule has 3 aliphatic rings. The van der Waals surface area contributed by atoms with E-state index in [1.54, 1.807) is 0 Å². The maximum absolute atomic E-state index is 13.4. The van der Waals surface area contributed by atoms with Crippen molar-refractivity contribution in [2.75, 3.05) is 26.2 Å². The van der Waals surface area contributed by atoms with Crippen LogP contribution in [0.3, 0.4) is 0 Å². The summed E-state index contributed by atoms with van der Waals surface area (Å²) in [5.74, 6) is 1.81. The number of aryl methyl sites for hydroxylation is 1. The lowest BCUT2D eigenvalue weighted by molar-refractivity contribution is 0.0783. The predicted octanol–water partition coefficient (Wildman–Crippen LogP) is 2.77. The Hall–Kier alpha value is -1.66. The van der Waals surface area contributed by atoms with Crippen molar-refractivity contribution in [3.05, 3.63) is 23.0 Å². The molecule has 6 nitrogen and oxygen atoms in total. The molecule has 1 aliphatic carbocycles. The molecule has 3 fully saturated rings. The fourth-order valence-electron chi connectivity index (χ4n) is 4.39. The summed E-state index contributed by atoms with van der Waals surface area (Å²) in [7, 11) is 0. The molecule has 5 rings (SSSR count). The van der Waals surface area contributed by atoms with Crippen molar-refractivity contribution in [2.45, 2.75) is 38.5 Å². The highest BCUT2D eigenvalue weighted by molar-refractivity contribution is 6.06. The van der Waals surface area contributed by atoms with E-state index in [0.717, 1.165) is 74.2 Å². The number of halogens is 1. The van der Waals surface area contributed by atoms with Crippen molar-refractivity contribution < 1.29 is 9.32 Å². The van der Waals surface area contributed by atoms with Crippen molar-refractivity contribution in [1.82, 2.24) is 20.4 Å². The van der Waals surface area contributed by atoms with Crippen LogP contribution in [-0.4, -0.2) is 47.1 Å². The van der Waals surface area contributed by atoms with Gasteiger partial charge >= 0.3 is 0 Å². The lowest BCUT2D eigenvalue weighted by Gasteiger charge is -2.18. The summed E-state index contributed by atoms with van der Waals surface area (Å²) in [6.07, 6.45) is 4.09. The second-order valence-electron chi connectivity index (χ2n) is 7.82. The Balaban J connectivity index is 0.00000168. The third kappa shape index (κ3) is 2.89. The van der Waals surface area contributed by atoms with E-state index in [0.29, 0.717) is 23.5 Å². The van der Waals surface area contributed by atoms with E-state index in [9.17, 15) is 4.79 Å². The van der Waals surface area contributed by atoms with Crippen LogP contribution in [0.5, 0.6) is 0 Å². The largest absolute Gasteiger partial charge is 0.338 e. The van der Waals surface area contributed by atoms with Gasteiger partial charge in [-0.15, -0.1) is 12.4 Å². The van der Waals surface area contributed by atoms with Gasteiger partial charge in [-0.1, -0.05) is 18.5 Å². The fraction of sp³-hybridized carbons (Fsp3) is 0.632. The van der Waals surface area contributed by atoms with E-state index < -0.39 is 0 Å². The topological polar surface area (TPSA) is 71.3 Å². The van der Waals surface area contributed by atoms with E-state index >= 15 is 0 Å². The van der Waals surface area contributed by atoms with Crippen LogP contribution in [0, 0.1) is 11.8 Å². The maximum Gasteiger partial charge on any atom is 0.259 e. The van der Waals surface area contributed by atoms with E-state index in [1.807, 2.05) is 11.0 Å². The van der Waals surface area contributed by atoms with Gasteiger partial charge in [0.1, 0.15) is 0 Å². The summed E-state index contributed by atoms with van der Waals surface area (Å²) in [5.41, 5.74) is 3.16. The summed E-state index contributed by atoms with van der Waals surface area (Å²) < 4.78 is 5.51. The number of carbonyl (C=O) groups excluding carboxylic acids is 1. The van der Waals surface area contributed by atoms with Gasteiger partial charge in [0, 0.05) is 37.8 Å². The summed E-state index contributed by atoms with van der Waals surface area (Å²) in [6.45, 7) is 5.88. The SMILES string of the molecule is CCCc1noc2nc(C3CC3)cc(C(=O)N3C[C@H]4CNC[C@H]4C3)c12.Cl. The zero-order chi connectivity index (χ0) is 17.0. The zero-order valence-corrected chi connectivity index (χ0v) is 15.8. The van der Waals surface area contributed by atoms with Crippen LogP contribution in [-0.2, 0) is 6.42 Å². The first-order valence-corrected chi connectivity index (χ1v) is 9.53. The molecule has 2 saturated heterocycles. The zero-order valence-electron chi connectivity index (χ0n) is 15.0. The number of carbonyl (C=O) groups is 1. The first kappa shape index (κ1) is 17.7. The predicted molar refractivity (Wildman–Crippen MR) is 101 cm³/mol. The third-order valence-corrected chi connectivity index (χ3v) is 5.93. The fourth-order valence-corrected chi connectivity index (χ4v) is 4.39. The minimum absolute atomic E-state index is 0. The molecule has 1 saturated carbocycles. The number of hydrogen-bond acceptors (Lipinski definition) is 5. The molecule has 0 bridgehead atoms. The normalized spacial score (nSPS) is 24.7. The smallest absolute Gasteiger partial charge is 0.259 e. The van der Waals surface area contributed by atoms with Crippen LogP contribution >= 0.6 is 12.4 Å². The van der Waals surface area contributed by atoms with Crippen molar-refractivity contribution in [2.24, 2.45) is 11.8 Å². The van der Waals surface area contributed by atoms with Gasteiger partial charge in [0.15, 0.2) is 0 Å². The van der Waals surface area contributed by atoms with Crippen LogP contribution < -0.4 is 5.32 Å². The van der Waals surface area contributed by atoms with Crippen LogP contribution in [0.25, 0.3) is 11.1 Å². The number of fused-ring (bicyclic) bond motifs is 2. The molecule has 2 aromatic heterocycles. The van der Waals surface area contributed by atoms with E-state index in [2.05, 4.69) is 22.4 Å². The van der Waals surface area contributed by atoms with E-state index in [1.165, 1.54) is 0 Å². The summed E-state index contributed by atoms with van der Waals surface area (Å²) in [6, 6.07) is 2.02. The molecule has 0 aromatic carbocycles. The van der Waals surface area contributed by atoms with Gasteiger partial charge in [0.25, 0.3) is 11.6 Å². The standard InChI is InChI=1S/C19H24N4O2.ClH/c1-2-3-15-17-14(6-16(11-4-5-11)21-18(17)25-22-15)19(24)23-9-12-7-20-8-13(12)10-23;/h6,11-13,20H,2-5,7-10H2,1H3;1H/t12-,13+;. The minimum Gasteiger partial charge on any atom is -0.338 e. The number of pyridine rings is 1. The number of nitrogens with zero attached hydrogens (tertiary/aromatic N) is 3. The number of aromatic nitrogens is 2. The molecular formula is C19H25ClN4O2. The molecule has 4 heterocycles. The Labute approximate surface area is 159 Å². The molecule has 2 aliphatic heterocycles. The molecule has 26 heavy (non-hydrogen) atoms. The van der Waals surface area contributed by atoms with Gasteiger partial charge in [-0.25, -0.2) is 4.98 Å². The Morgan fingerprint density at radius 2 is 2.04 bits per heavy atom. The summed E-state index contributed by atoms with van der Waals surface area (Å²) in [5, 5.41) is 8.49. The van der Waals surface area contributed by atoms with Crippen LogP contribution in [0.15, 0.2) is 10.6 Å². The highest BCUT2D eigenvalue weighted by Gasteiger charge is 2.39. The van der Waals surface area contributed by atoms with E-state index in [-0.39, 0.29) is 18.3 Å². The number of amides is 1. The molecular weight excluding hydrogens is 352 g/mol. The molecule has 0 spiro atoms. The monoisotopic (exact) mass is 376 g/mol. The Kier molecular flexibility index (Phi) is 4.65. The van der Waals surface area contributed by atoms with Crippen LogP contribution in [0.2, 0.25) is 0 Å². The molecule has 1 N–H and O–H groups in total. The van der Waals surface area contributed by atoms with Crippen molar-refractivity contribution in [3.8, 4) is 0 Å². The quantitative estimate of drug-likeness (QED) is 0.888. The van der Waals surface area contributed by atoms with Gasteiger partial charge in [-0.3, -0.25) is 4.79 Å². The van der Waals surface area contributed by atoms with E-state index in [4.69, 9.17) is 4.52 Å². The first-order chi connectivity index (χ1) is 12.2. The van der Waals surface area contributed by atoms with Crippen LogP contribution in [0.4, 0.5) is 0 Å². The van der Waals surface area contributed by atoms with Gasteiger partial charge in [0.05, 0.1) is 16.6 Å². The molecule has 2 atom stereocenters. The number of rotatable bonds is 4. The molecule has 7 heteroatoms. The number of likely N-dealkylation sites (tertiary alicyclic amines) is 1. The summed E-state index contributed by atoms with van der Waals surface area (Å²) >= 11 is 0. The molecule has 1 amide bonds. The summed E-state index contributed by atoms with van der Waals surface area (Å²) in [4.78, 5) is 20.0. The van der Waals surface area contributed by atoms with Gasteiger partial charge in [0.2, 0.25) is 0 Å². The minimum atomic E-state index is 0. The highest BCUT2D eigenvalue weighted by atomic mass is 35.5. The average molecular weight is 377 g/mol. The van der Waals surface area contributed by atoms with Gasteiger partial charge in [-0.2, -0.15) is 0 Å². The number of nitrogens with one attached hydrogen (secondary N) is 1. The van der Waals surface area contributed by atoms with Crippen LogP contribution in [0.1, 0.15) is 53.8 Å². The third-order valence-electron chi connectivity index (χ3n) is 5.93. The van der Waals surface area contributed by atoms with Gasteiger partial charge < -0.3 is 14.7 Å². The second-order valence-corrected chi connectivity index (χ2v) is 7.82. The molecule has 0 unspecified atom stereocenters. The molecule has 2 aromatic rings. The van der Waals surface area contributed by atoms with Crippen molar-refractivity contribution in [1.29, 1.82) is 0 Å². The van der Waals surface area contributed by atoms with Gasteiger partial charge in [-0.05, 0) is 37.2 Å². The maximum atomic E-state index is 13.4. The molecule has 140 valence electrons. The lowest BCUT2D eigenvalue weighted by Crippen LogP contribution is -2.32. The first-order valence-electron chi connectivity index (χ1n) is 9.53. The Morgan fingerprint density at radius 3 is 2.69 bits per heavy atom. The average Bonchev–Trinajstić information content (AvgIpc) is 3.05. The lowest BCUT2D eigenvalue weighted by atomic mass is 10.0. The Bertz CT molecular complexity index is 820. The Morgan fingerprint density at radius 1 is 1.31 bits per heavy atom. The number of hydrogen-bond donors (Lipinski definition) is 1. The van der Waals surface area contributed by atoms with Crippen molar-refractivity contribution in [3.63, 3.8) is 0 Å². The molecule has 0 radical (unpaired) electrons. The van der Waals surface area contributed by atoms with Crippen molar-refractivity contribution >= 4 is 29.4 Å². The highest BCUT2D eigenvalue weighted by Crippen LogP contribution is 2.41. The second kappa shape index (κ2) is 6.82.